The van der Waals surface area contributed by atoms with Crippen molar-refractivity contribution in [3.63, 3.8) is 0 Å². The Morgan fingerprint density at radius 3 is 2.21 bits per heavy atom. The van der Waals surface area contributed by atoms with E-state index >= 15 is 0 Å². The second-order valence-electron chi connectivity index (χ2n) is 8.35. The first-order valence-electron chi connectivity index (χ1n) is 11.2. The minimum Gasteiger partial charge on any atom is -0.481 e. The quantitative estimate of drug-likeness (QED) is 0.545. The summed E-state index contributed by atoms with van der Waals surface area (Å²) in [4.78, 5) is 36.4. The Morgan fingerprint density at radius 1 is 1.00 bits per heavy atom. The fourth-order valence-corrected chi connectivity index (χ4v) is 5.57. The molecule has 8 heteroatoms. The van der Waals surface area contributed by atoms with Gasteiger partial charge in [-0.3, -0.25) is 9.59 Å². The average Bonchev–Trinajstić information content (AvgIpc) is 3.14. The number of amides is 2. The van der Waals surface area contributed by atoms with Gasteiger partial charge in [0.2, 0.25) is 5.91 Å². The van der Waals surface area contributed by atoms with Gasteiger partial charge in [0.15, 0.2) is 0 Å². The number of carbonyl (C=O) groups excluding carboxylic acids is 2. The molecule has 1 atom stereocenters. The van der Waals surface area contributed by atoms with Crippen LogP contribution in [0.2, 0.25) is 0 Å². The minimum atomic E-state index is -1.02. The van der Waals surface area contributed by atoms with Crippen LogP contribution in [0.1, 0.15) is 42.7 Å². The zero-order chi connectivity index (χ0) is 23.2. The van der Waals surface area contributed by atoms with Gasteiger partial charge in [-0.1, -0.05) is 48.5 Å². The van der Waals surface area contributed by atoms with Gasteiger partial charge >= 0.3 is 12.1 Å². The number of alkyl carbamates (subject to hydrolysis) is 1. The molecule has 0 saturated carbocycles. The fraction of sp³-hybridized carbons (Fsp3) is 0.400. The second kappa shape index (κ2) is 10.7. The number of carboxylic acid groups (broad SMARTS) is 1. The van der Waals surface area contributed by atoms with Crippen molar-refractivity contribution in [1.82, 2.24) is 10.6 Å². The Labute approximate surface area is 197 Å². The first-order valence-corrected chi connectivity index (χ1v) is 12.4. The van der Waals surface area contributed by atoms with Crippen molar-refractivity contribution >= 4 is 29.7 Å². The monoisotopic (exact) mass is 468 g/mol. The third kappa shape index (κ3) is 5.68. The standard InChI is InChI=1S/C25H28N2O5S/c28-23(29)10-9-22(24(30)26-16-11-13-33-14-12-16)27-25(31)32-15-21-19-7-3-1-5-17(19)18-6-2-4-8-20(18)21/h1-8,16,21-22H,9-15H2,(H,26,30)(H,27,31)(H,28,29). The Balaban J connectivity index is 1.39. The number of hydrogen-bond donors (Lipinski definition) is 3. The Bertz CT molecular complexity index is 976. The van der Waals surface area contributed by atoms with Crippen LogP contribution in [0.4, 0.5) is 4.79 Å². The molecule has 0 radical (unpaired) electrons. The third-order valence-electron chi connectivity index (χ3n) is 6.17. The number of carbonyl (C=O) groups is 3. The van der Waals surface area contributed by atoms with E-state index < -0.39 is 18.1 Å². The number of aliphatic carboxylic acids is 1. The zero-order valence-electron chi connectivity index (χ0n) is 18.3. The topological polar surface area (TPSA) is 105 Å². The van der Waals surface area contributed by atoms with Gasteiger partial charge in [0.25, 0.3) is 0 Å². The first kappa shape index (κ1) is 23.2. The lowest BCUT2D eigenvalue weighted by molar-refractivity contribution is -0.137. The highest BCUT2D eigenvalue weighted by molar-refractivity contribution is 7.99. The summed E-state index contributed by atoms with van der Waals surface area (Å²) in [5, 5.41) is 14.6. The molecular formula is C25H28N2O5S. The van der Waals surface area contributed by atoms with Gasteiger partial charge in [-0.2, -0.15) is 11.8 Å². The average molecular weight is 469 g/mol. The largest absolute Gasteiger partial charge is 0.481 e. The molecule has 1 fully saturated rings. The van der Waals surface area contributed by atoms with Crippen molar-refractivity contribution < 1.29 is 24.2 Å². The highest BCUT2D eigenvalue weighted by Gasteiger charge is 2.30. The SMILES string of the molecule is O=C(O)CCC(NC(=O)OCC1c2ccccc2-c2ccccc21)C(=O)NC1CCSCC1. The molecular weight excluding hydrogens is 440 g/mol. The molecule has 0 aromatic heterocycles. The van der Waals surface area contributed by atoms with Crippen LogP contribution < -0.4 is 10.6 Å². The zero-order valence-corrected chi connectivity index (χ0v) is 19.1. The van der Waals surface area contributed by atoms with Gasteiger partial charge in [-0.15, -0.1) is 0 Å². The maximum Gasteiger partial charge on any atom is 0.407 e. The van der Waals surface area contributed by atoms with Crippen molar-refractivity contribution in [2.75, 3.05) is 18.1 Å². The molecule has 4 rings (SSSR count). The van der Waals surface area contributed by atoms with E-state index in [9.17, 15) is 14.4 Å². The Hall–Kier alpha value is -3.00. The van der Waals surface area contributed by atoms with E-state index in [0.717, 1.165) is 46.6 Å². The summed E-state index contributed by atoms with van der Waals surface area (Å²) < 4.78 is 5.54. The number of thioether (sulfide) groups is 1. The lowest BCUT2D eigenvalue weighted by Gasteiger charge is -2.25. The number of nitrogens with one attached hydrogen (secondary N) is 2. The lowest BCUT2D eigenvalue weighted by Crippen LogP contribution is -2.50. The smallest absolute Gasteiger partial charge is 0.407 e. The molecule has 2 aromatic carbocycles. The lowest BCUT2D eigenvalue weighted by atomic mass is 9.98. The number of ether oxygens (including phenoxy) is 1. The van der Waals surface area contributed by atoms with Crippen LogP contribution in [0, 0.1) is 0 Å². The number of benzene rings is 2. The molecule has 2 aliphatic rings. The Morgan fingerprint density at radius 2 is 1.61 bits per heavy atom. The van der Waals surface area contributed by atoms with Crippen molar-refractivity contribution in [1.29, 1.82) is 0 Å². The number of hydrogen-bond acceptors (Lipinski definition) is 5. The Kier molecular flexibility index (Phi) is 7.54. The van der Waals surface area contributed by atoms with Crippen LogP contribution in [0.15, 0.2) is 48.5 Å². The molecule has 2 amide bonds. The number of fused-ring (bicyclic) bond motifs is 3. The molecule has 1 saturated heterocycles. The van der Waals surface area contributed by atoms with E-state index in [1.54, 1.807) is 0 Å². The van der Waals surface area contributed by atoms with Crippen LogP contribution in [0.5, 0.6) is 0 Å². The van der Waals surface area contributed by atoms with E-state index in [1.807, 2.05) is 48.2 Å². The molecule has 0 spiro atoms. The van der Waals surface area contributed by atoms with E-state index in [2.05, 4.69) is 22.8 Å². The first-order chi connectivity index (χ1) is 16.0. The number of carboxylic acids is 1. The van der Waals surface area contributed by atoms with Gasteiger partial charge in [-0.25, -0.2) is 4.79 Å². The molecule has 1 unspecified atom stereocenters. The molecule has 2 aromatic rings. The third-order valence-corrected chi connectivity index (χ3v) is 7.22. The summed E-state index contributed by atoms with van der Waals surface area (Å²) in [5.74, 6) is 0.488. The summed E-state index contributed by atoms with van der Waals surface area (Å²) >= 11 is 1.85. The van der Waals surface area contributed by atoms with Crippen LogP contribution in [-0.2, 0) is 14.3 Å². The molecule has 7 nitrogen and oxygen atoms in total. The molecule has 3 N–H and O–H groups in total. The molecule has 174 valence electrons. The van der Waals surface area contributed by atoms with Crippen LogP contribution in [0.3, 0.4) is 0 Å². The van der Waals surface area contributed by atoms with Crippen molar-refractivity contribution in [2.24, 2.45) is 0 Å². The van der Waals surface area contributed by atoms with Crippen LogP contribution >= 0.6 is 11.8 Å². The van der Waals surface area contributed by atoms with Crippen LogP contribution in [-0.4, -0.2) is 53.3 Å². The molecule has 1 aliphatic heterocycles. The van der Waals surface area contributed by atoms with Crippen molar-refractivity contribution in [3.8, 4) is 11.1 Å². The summed E-state index contributed by atoms with van der Waals surface area (Å²) in [5.41, 5.74) is 4.46. The van der Waals surface area contributed by atoms with Crippen molar-refractivity contribution in [2.45, 2.75) is 43.7 Å². The van der Waals surface area contributed by atoms with Gasteiger partial charge in [0.05, 0.1) is 0 Å². The van der Waals surface area contributed by atoms with E-state index in [1.165, 1.54) is 0 Å². The van der Waals surface area contributed by atoms with Gasteiger partial charge in [-0.05, 0) is 53.0 Å². The highest BCUT2D eigenvalue weighted by Crippen LogP contribution is 2.44. The summed E-state index contributed by atoms with van der Waals surface area (Å²) in [6.45, 7) is 0.132. The maximum absolute atomic E-state index is 12.8. The normalized spacial score (nSPS) is 16.4. The predicted octanol–water partition coefficient (Wildman–Crippen LogP) is 3.77. The predicted molar refractivity (Wildman–Crippen MR) is 127 cm³/mol. The summed E-state index contributed by atoms with van der Waals surface area (Å²) in [7, 11) is 0. The fourth-order valence-electron chi connectivity index (χ4n) is 4.46. The van der Waals surface area contributed by atoms with Crippen LogP contribution in [0.25, 0.3) is 11.1 Å². The summed E-state index contributed by atoms with van der Waals surface area (Å²) in [6, 6.07) is 15.2. The number of rotatable bonds is 8. The van der Waals surface area contributed by atoms with E-state index in [-0.39, 0.29) is 37.3 Å². The second-order valence-corrected chi connectivity index (χ2v) is 9.57. The molecule has 0 bridgehead atoms. The van der Waals surface area contributed by atoms with E-state index in [4.69, 9.17) is 9.84 Å². The maximum atomic E-state index is 12.8. The van der Waals surface area contributed by atoms with Crippen molar-refractivity contribution in [3.05, 3.63) is 59.7 Å². The van der Waals surface area contributed by atoms with E-state index in [0.29, 0.717) is 0 Å². The molecule has 1 aliphatic carbocycles. The molecule has 1 heterocycles. The summed E-state index contributed by atoms with van der Waals surface area (Å²) in [6.07, 6.45) is 0.802. The van der Waals surface area contributed by atoms with Gasteiger partial charge in [0.1, 0.15) is 12.6 Å². The van der Waals surface area contributed by atoms with Gasteiger partial charge < -0.3 is 20.5 Å². The molecule has 33 heavy (non-hydrogen) atoms. The highest BCUT2D eigenvalue weighted by atomic mass is 32.2. The van der Waals surface area contributed by atoms with Gasteiger partial charge in [0, 0.05) is 18.4 Å². The minimum absolute atomic E-state index is 0.00678.